The van der Waals surface area contributed by atoms with Crippen molar-refractivity contribution in [2.75, 3.05) is 59.9 Å². The predicted molar refractivity (Wildman–Crippen MR) is 89.9 cm³/mol. The highest BCUT2D eigenvalue weighted by Gasteiger charge is 2.02. The van der Waals surface area contributed by atoms with Gasteiger partial charge in [-0.15, -0.1) is 0 Å². The fourth-order valence-corrected chi connectivity index (χ4v) is 1.74. The highest BCUT2D eigenvalue weighted by Crippen LogP contribution is 1.96. The van der Waals surface area contributed by atoms with Gasteiger partial charge < -0.3 is 34.8 Å². The molecule has 0 aliphatic carbocycles. The summed E-state index contributed by atoms with van der Waals surface area (Å²) in [5.74, 6) is -0.0397. The molecule has 8 heteroatoms. The summed E-state index contributed by atoms with van der Waals surface area (Å²) in [5.41, 5.74) is 5.47. The maximum Gasteiger partial charge on any atom is 0.222 e. The van der Waals surface area contributed by atoms with Crippen molar-refractivity contribution in [3.8, 4) is 0 Å². The van der Waals surface area contributed by atoms with E-state index in [2.05, 4.69) is 5.32 Å². The topological polar surface area (TPSA) is 109 Å². The first kappa shape index (κ1) is 22.9. The van der Waals surface area contributed by atoms with Crippen molar-refractivity contribution < 1.29 is 28.5 Å². The van der Waals surface area contributed by atoms with Crippen LogP contribution in [0.15, 0.2) is 0 Å². The average molecular weight is 348 g/mol. The quantitative estimate of drug-likeness (QED) is 0.263. The van der Waals surface area contributed by atoms with Crippen molar-refractivity contribution in [1.82, 2.24) is 5.32 Å². The lowest BCUT2D eigenvalue weighted by atomic mass is 10.1. The first-order chi connectivity index (χ1) is 11.7. The molecule has 24 heavy (non-hydrogen) atoms. The predicted octanol–water partition coefficient (Wildman–Crippen LogP) is -0.115. The van der Waals surface area contributed by atoms with E-state index in [4.69, 9.17) is 24.7 Å². The van der Waals surface area contributed by atoms with Crippen LogP contribution in [-0.2, 0) is 28.5 Å². The SMILES string of the molecule is COCCOCCOCCOCCC(=O)NCCCC[C@@H](N)C=O. The molecule has 3 N–H and O–H groups in total. The van der Waals surface area contributed by atoms with Gasteiger partial charge in [0.1, 0.15) is 6.29 Å². The van der Waals surface area contributed by atoms with Gasteiger partial charge in [0.15, 0.2) is 0 Å². The van der Waals surface area contributed by atoms with Crippen LogP contribution in [0.5, 0.6) is 0 Å². The number of aldehydes is 1. The zero-order chi connectivity index (χ0) is 17.9. The number of amides is 1. The van der Waals surface area contributed by atoms with E-state index in [-0.39, 0.29) is 5.91 Å². The molecule has 0 saturated heterocycles. The summed E-state index contributed by atoms with van der Waals surface area (Å²) in [6, 6.07) is -0.395. The molecule has 0 bridgehead atoms. The van der Waals surface area contributed by atoms with Gasteiger partial charge in [0.05, 0.1) is 52.3 Å². The van der Waals surface area contributed by atoms with Crippen LogP contribution in [0.2, 0.25) is 0 Å². The Hall–Kier alpha value is -1.06. The number of nitrogens with two attached hydrogens (primary N) is 1. The largest absolute Gasteiger partial charge is 0.382 e. The van der Waals surface area contributed by atoms with Gasteiger partial charge in [0, 0.05) is 20.1 Å². The van der Waals surface area contributed by atoms with Crippen molar-refractivity contribution in [2.45, 2.75) is 31.7 Å². The van der Waals surface area contributed by atoms with E-state index in [1.54, 1.807) is 7.11 Å². The second kappa shape index (κ2) is 18.3. The Morgan fingerprint density at radius 1 is 1.00 bits per heavy atom. The highest BCUT2D eigenvalue weighted by atomic mass is 16.6. The second-order valence-corrected chi connectivity index (χ2v) is 5.23. The van der Waals surface area contributed by atoms with E-state index in [1.807, 2.05) is 0 Å². The smallest absolute Gasteiger partial charge is 0.222 e. The van der Waals surface area contributed by atoms with E-state index in [1.165, 1.54) is 0 Å². The Morgan fingerprint density at radius 2 is 1.58 bits per heavy atom. The van der Waals surface area contributed by atoms with Gasteiger partial charge >= 0.3 is 0 Å². The van der Waals surface area contributed by atoms with E-state index in [9.17, 15) is 9.59 Å². The van der Waals surface area contributed by atoms with E-state index < -0.39 is 6.04 Å². The maximum atomic E-state index is 11.5. The fourth-order valence-electron chi connectivity index (χ4n) is 1.74. The highest BCUT2D eigenvalue weighted by molar-refractivity contribution is 5.75. The molecule has 0 unspecified atom stereocenters. The lowest BCUT2D eigenvalue weighted by molar-refractivity contribution is -0.122. The Bertz CT molecular complexity index is 304. The molecule has 0 heterocycles. The fraction of sp³-hybridized carbons (Fsp3) is 0.875. The van der Waals surface area contributed by atoms with Crippen LogP contribution in [0.3, 0.4) is 0 Å². The molecular formula is C16H32N2O6. The van der Waals surface area contributed by atoms with Crippen LogP contribution in [0, 0.1) is 0 Å². The number of hydrogen-bond donors (Lipinski definition) is 2. The first-order valence-corrected chi connectivity index (χ1v) is 8.40. The lowest BCUT2D eigenvalue weighted by Gasteiger charge is -2.08. The van der Waals surface area contributed by atoms with Crippen molar-refractivity contribution in [3.63, 3.8) is 0 Å². The van der Waals surface area contributed by atoms with Crippen LogP contribution in [0.4, 0.5) is 0 Å². The summed E-state index contributed by atoms with van der Waals surface area (Å²) in [6.07, 6.45) is 3.36. The Morgan fingerprint density at radius 3 is 2.17 bits per heavy atom. The number of rotatable bonds is 18. The van der Waals surface area contributed by atoms with Gasteiger partial charge in [0.25, 0.3) is 0 Å². The van der Waals surface area contributed by atoms with Crippen LogP contribution in [0.1, 0.15) is 25.7 Å². The monoisotopic (exact) mass is 348 g/mol. The third-order valence-electron chi connectivity index (χ3n) is 3.11. The summed E-state index contributed by atoms with van der Waals surface area (Å²) < 4.78 is 20.7. The molecular weight excluding hydrogens is 316 g/mol. The summed E-state index contributed by atoms with van der Waals surface area (Å²) in [5, 5.41) is 2.80. The zero-order valence-corrected chi connectivity index (χ0v) is 14.7. The van der Waals surface area contributed by atoms with Gasteiger partial charge in [-0.2, -0.15) is 0 Å². The average Bonchev–Trinajstić information content (AvgIpc) is 2.59. The molecule has 0 aromatic carbocycles. The standard InChI is InChI=1S/C16H32N2O6/c1-21-8-9-23-12-13-24-11-10-22-7-5-16(20)18-6-3-2-4-15(17)14-19/h14-15H,2-13,17H2,1H3,(H,18,20)/t15-/m1/s1. The molecule has 0 spiro atoms. The van der Waals surface area contributed by atoms with Gasteiger partial charge in [-0.1, -0.05) is 0 Å². The minimum Gasteiger partial charge on any atom is -0.382 e. The van der Waals surface area contributed by atoms with Crippen LogP contribution in [-0.4, -0.2) is 78.1 Å². The van der Waals surface area contributed by atoms with Gasteiger partial charge in [-0.3, -0.25) is 4.79 Å². The Kier molecular flexibility index (Phi) is 17.5. The van der Waals surface area contributed by atoms with Crippen LogP contribution >= 0.6 is 0 Å². The number of methoxy groups -OCH3 is 1. The molecule has 8 nitrogen and oxygen atoms in total. The Balaban J connectivity index is 3.19. The second-order valence-electron chi connectivity index (χ2n) is 5.23. The summed E-state index contributed by atoms with van der Waals surface area (Å²) in [4.78, 5) is 21.9. The minimum atomic E-state index is -0.395. The van der Waals surface area contributed by atoms with Gasteiger partial charge in [0.2, 0.25) is 5.91 Å². The van der Waals surface area contributed by atoms with Crippen molar-refractivity contribution in [2.24, 2.45) is 5.73 Å². The zero-order valence-electron chi connectivity index (χ0n) is 14.7. The number of unbranched alkanes of at least 4 members (excludes halogenated alkanes) is 1. The third-order valence-corrected chi connectivity index (χ3v) is 3.11. The summed E-state index contributed by atoms with van der Waals surface area (Å²) in [7, 11) is 1.63. The molecule has 0 aliphatic rings. The minimum absolute atomic E-state index is 0.0397. The van der Waals surface area contributed by atoms with E-state index in [0.717, 1.165) is 19.1 Å². The van der Waals surface area contributed by atoms with Crippen molar-refractivity contribution in [3.05, 3.63) is 0 Å². The Labute approximate surface area is 144 Å². The van der Waals surface area contributed by atoms with Gasteiger partial charge in [-0.25, -0.2) is 0 Å². The molecule has 0 radical (unpaired) electrons. The normalized spacial score (nSPS) is 12.1. The molecule has 142 valence electrons. The molecule has 0 saturated carbocycles. The first-order valence-electron chi connectivity index (χ1n) is 8.40. The lowest BCUT2D eigenvalue weighted by Crippen LogP contribution is -2.26. The number of carbonyl (C=O) groups excluding carboxylic acids is 2. The van der Waals surface area contributed by atoms with Crippen molar-refractivity contribution >= 4 is 12.2 Å². The molecule has 0 rings (SSSR count). The van der Waals surface area contributed by atoms with Crippen LogP contribution in [0.25, 0.3) is 0 Å². The maximum absolute atomic E-state index is 11.5. The van der Waals surface area contributed by atoms with E-state index in [0.29, 0.717) is 65.6 Å². The van der Waals surface area contributed by atoms with Gasteiger partial charge in [-0.05, 0) is 19.3 Å². The van der Waals surface area contributed by atoms with Crippen LogP contribution < -0.4 is 11.1 Å². The number of nitrogens with one attached hydrogen (secondary N) is 1. The third kappa shape index (κ3) is 17.3. The number of carbonyl (C=O) groups is 2. The molecule has 0 aromatic heterocycles. The molecule has 0 aromatic rings. The molecule has 0 fully saturated rings. The number of ether oxygens (including phenoxy) is 4. The van der Waals surface area contributed by atoms with E-state index >= 15 is 0 Å². The summed E-state index contributed by atoms with van der Waals surface area (Å²) >= 11 is 0. The number of hydrogen-bond acceptors (Lipinski definition) is 7. The molecule has 0 aliphatic heterocycles. The summed E-state index contributed by atoms with van der Waals surface area (Å²) in [6.45, 7) is 4.09. The molecule has 1 atom stereocenters. The molecule has 1 amide bonds. The van der Waals surface area contributed by atoms with Crippen molar-refractivity contribution in [1.29, 1.82) is 0 Å².